The lowest BCUT2D eigenvalue weighted by Gasteiger charge is -2.11. The molecule has 0 spiro atoms. The summed E-state index contributed by atoms with van der Waals surface area (Å²) in [6.07, 6.45) is -1.10. The Bertz CT molecular complexity index is 509. The summed E-state index contributed by atoms with van der Waals surface area (Å²) in [5.41, 5.74) is -0.916. The Morgan fingerprint density at radius 2 is 1.95 bits per heavy atom. The van der Waals surface area contributed by atoms with Crippen LogP contribution in [0.2, 0.25) is 0 Å². The summed E-state index contributed by atoms with van der Waals surface area (Å²) in [4.78, 5) is 20.0. The normalized spacial score (nSPS) is 11.9. The molecule has 1 aromatic rings. The lowest BCUT2D eigenvalue weighted by molar-refractivity contribution is -0.393. The first-order valence-electron chi connectivity index (χ1n) is 5.02. The van der Waals surface area contributed by atoms with Crippen molar-refractivity contribution in [3.63, 3.8) is 0 Å². The largest absolute Gasteiger partial charge is 0.394 e. The van der Waals surface area contributed by atoms with E-state index in [1.165, 1.54) is 0 Å². The first-order valence-corrected chi connectivity index (χ1v) is 5.81. The number of aliphatic hydroxyl groups is 2. The van der Waals surface area contributed by atoms with Crippen LogP contribution < -0.4 is 5.32 Å². The zero-order valence-electron chi connectivity index (χ0n) is 9.45. The molecule has 0 heterocycles. The Kier molecular flexibility index (Phi) is 5.15. The standard InChI is InChI=1S/C9H10BrN3O6/c10-7-1-5(12(16)17)2-8(13(18)19)9(7)11-3-6(15)4-14/h1-2,6,11,14-15H,3-4H2. The third kappa shape index (κ3) is 3.84. The van der Waals surface area contributed by atoms with Gasteiger partial charge in [-0.1, -0.05) is 0 Å². The van der Waals surface area contributed by atoms with Crippen molar-refractivity contribution < 1.29 is 20.1 Å². The van der Waals surface area contributed by atoms with Gasteiger partial charge >= 0.3 is 0 Å². The van der Waals surface area contributed by atoms with E-state index < -0.39 is 33.9 Å². The topological polar surface area (TPSA) is 139 Å². The highest BCUT2D eigenvalue weighted by molar-refractivity contribution is 9.10. The van der Waals surface area contributed by atoms with Crippen LogP contribution in [0.25, 0.3) is 0 Å². The van der Waals surface area contributed by atoms with Gasteiger partial charge < -0.3 is 15.5 Å². The quantitative estimate of drug-likeness (QED) is 0.521. The molecule has 104 valence electrons. The smallest absolute Gasteiger partial charge is 0.300 e. The van der Waals surface area contributed by atoms with Crippen molar-refractivity contribution in [2.45, 2.75) is 6.10 Å². The maximum atomic E-state index is 10.9. The van der Waals surface area contributed by atoms with Gasteiger partial charge in [0.25, 0.3) is 11.4 Å². The molecule has 0 radical (unpaired) electrons. The molecule has 0 aliphatic heterocycles. The summed E-state index contributed by atoms with van der Waals surface area (Å²) in [6, 6.07) is 1.93. The summed E-state index contributed by atoms with van der Waals surface area (Å²) in [5, 5.41) is 41.9. The number of rotatable bonds is 6. The van der Waals surface area contributed by atoms with E-state index >= 15 is 0 Å². The van der Waals surface area contributed by atoms with Crippen LogP contribution >= 0.6 is 15.9 Å². The molecule has 19 heavy (non-hydrogen) atoms. The van der Waals surface area contributed by atoms with Gasteiger partial charge in [-0.3, -0.25) is 20.2 Å². The first-order chi connectivity index (χ1) is 8.86. The lowest BCUT2D eigenvalue weighted by atomic mass is 10.2. The van der Waals surface area contributed by atoms with Crippen molar-refractivity contribution in [1.29, 1.82) is 0 Å². The van der Waals surface area contributed by atoms with Crippen LogP contribution in [0.3, 0.4) is 0 Å². The number of nitrogens with zero attached hydrogens (tertiary/aromatic N) is 2. The molecule has 0 saturated heterocycles. The number of nitro groups is 2. The lowest BCUT2D eigenvalue weighted by Crippen LogP contribution is -2.23. The number of non-ortho nitro benzene ring substituents is 1. The minimum atomic E-state index is -1.10. The molecular formula is C9H10BrN3O6. The molecule has 1 atom stereocenters. The second kappa shape index (κ2) is 6.41. The van der Waals surface area contributed by atoms with Gasteiger partial charge in [-0.15, -0.1) is 0 Å². The van der Waals surface area contributed by atoms with Gasteiger partial charge in [-0.25, -0.2) is 0 Å². The molecule has 0 aliphatic rings. The Balaban J connectivity index is 3.15. The second-order valence-electron chi connectivity index (χ2n) is 3.55. The molecule has 9 nitrogen and oxygen atoms in total. The van der Waals surface area contributed by atoms with Gasteiger partial charge in [0.05, 0.1) is 33.1 Å². The van der Waals surface area contributed by atoms with Crippen LogP contribution in [0, 0.1) is 20.2 Å². The minimum Gasteiger partial charge on any atom is -0.394 e. The Morgan fingerprint density at radius 3 is 2.42 bits per heavy atom. The fourth-order valence-corrected chi connectivity index (χ4v) is 1.86. The van der Waals surface area contributed by atoms with E-state index in [0.29, 0.717) is 0 Å². The summed E-state index contributed by atoms with van der Waals surface area (Å²) >= 11 is 2.99. The molecule has 0 saturated carbocycles. The highest BCUT2D eigenvalue weighted by Crippen LogP contribution is 2.36. The predicted molar refractivity (Wildman–Crippen MR) is 69.0 cm³/mol. The number of nitrogens with one attached hydrogen (secondary N) is 1. The van der Waals surface area contributed by atoms with Crippen LogP contribution in [-0.2, 0) is 0 Å². The van der Waals surface area contributed by atoms with Gasteiger partial charge in [-0.2, -0.15) is 0 Å². The number of halogens is 1. The van der Waals surface area contributed by atoms with Crippen LogP contribution in [0.1, 0.15) is 0 Å². The average molecular weight is 336 g/mol. The molecule has 0 amide bonds. The van der Waals surface area contributed by atoms with Gasteiger partial charge in [0.1, 0.15) is 5.69 Å². The molecule has 1 unspecified atom stereocenters. The highest BCUT2D eigenvalue weighted by atomic mass is 79.9. The predicted octanol–water partition coefficient (Wildman–Crippen LogP) is 1.03. The molecular weight excluding hydrogens is 326 g/mol. The van der Waals surface area contributed by atoms with E-state index in [4.69, 9.17) is 5.11 Å². The molecule has 0 bridgehead atoms. The van der Waals surface area contributed by atoms with E-state index in [-0.39, 0.29) is 16.7 Å². The van der Waals surface area contributed by atoms with Crippen molar-refractivity contribution >= 4 is 33.0 Å². The fraction of sp³-hybridized carbons (Fsp3) is 0.333. The minimum absolute atomic E-state index is 0.00287. The maximum absolute atomic E-state index is 10.9. The fourth-order valence-electron chi connectivity index (χ4n) is 1.29. The molecule has 1 aromatic carbocycles. The van der Waals surface area contributed by atoms with Crippen LogP contribution in [0.5, 0.6) is 0 Å². The number of aliphatic hydroxyl groups excluding tert-OH is 2. The van der Waals surface area contributed by atoms with Crippen molar-refractivity contribution in [3.05, 3.63) is 36.8 Å². The molecule has 10 heteroatoms. The Morgan fingerprint density at radius 1 is 1.32 bits per heavy atom. The molecule has 0 aliphatic carbocycles. The summed E-state index contributed by atoms with van der Waals surface area (Å²) in [5.74, 6) is 0. The van der Waals surface area contributed by atoms with Crippen molar-refractivity contribution in [2.24, 2.45) is 0 Å². The molecule has 0 aromatic heterocycles. The van der Waals surface area contributed by atoms with Gasteiger partial charge in [0, 0.05) is 12.6 Å². The summed E-state index contributed by atoms with van der Waals surface area (Å²) < 4.78 is 0.124. The number of anilines is 1. The van der Waals surface area contributed by atoms with E-state index in [1.807, 2.05) is 0 Å². The van der Waals surface area contributed by atoms with Crippen molar-refractivity contribution in [2.75, 3.05) is 18.5 Å². The van der Waals surface area contributed by atoms with E-state index in [2.05, 4.69) is 21.2 Å². The van der Waals surface area contributed by atoms with E-state index in [0.717, 1.165) is 12.1 Å². The first kappa shape index (κ1) is 15.3. The molecule has 1 rings (SSSR count). The van der Waals surface area contributed by atoms with Crippen LogP contribution in [-0.4, -0.2) is 39.3 Å². The molecule has 0 fully saturated rings. The second-order valence-corrected chi connectivity index (χ2v) is 4.41. The number of hydrogen-bond acceptors (Lipinski definition) is 7. The molecule has 3 N–H and O–H groups in total. The average Bonchev–Trinajstić information content (AvgIpc) is 2.35. The van der Waals surface area contributed by atoms with Gasteiger partial charge in [0.2, 0.25) is 0 Å². The summed E-state index contributed by atoms with van der Waals surface area (Å²) in [7, 11) is 0. The van der Waals surface area contributed by atoms with Gasteiger partial charge in [-0.05, 0) is 15.9 Å². The van der Waals surface area contributed by atoms with Crippen molar-refractivity contribution in [1.82, 2.24) is 0 Å². The third-order valence-electron chi connectivity index (χ3n) is 2.19. The van der Waals surface area contributed by atoms with Crippen molar-refractivity contribution in [3.8, 4) is 0 Å². The monoisotopic (exact) mass is 335 g/mol. The highest BCUT2D eigenvalue weighted by Gasteiger charge is 2.23. The Hall–Kier alpha value is -1.78. The number of benzene rings is 1. The van der Waals surface area contributed by atoms with Crippen LogP contribution in [0.4, 0.5) is 17.1 Å². The number of nitro benzene ring substituents is 2. The third-order valence-corrected chi connectivity index (χ3v) is 2.81. The van der Waals surface area contributed by atoms with Gasteiger partial charge in [0.15, 0.2) is 0 Å². The van der Waals surface area contributed by atoms with E-state index in [9.17, 15) is 25.3 Å². The SMILES string of the molecule is O=[N+]([O-])c1cc(Br)c(NCC(O)CO)c([N+](=O)[O-])c1. The van der Waals surface area contributed by atoms with Crippen LogP contribution in [0.15, 0.2) is 16.6 Å². The number of hydrogen-bond donors (Lipinski definition) is 3. The zero-order valence-corrected chi connectivity index (χ0v) is 11.0. The summed E-state index contributed by atoms with van der Waals surface area (Å²) in [6.45, 7) is -0.640. The Labute approximate surface area is 115 Å². The zero-order chi connectivity index (χ0) is 14.6. The maximum Gasteiger partial charge on any atom is 0.300 e. The van der Waals surface area contributed by atoms with E-state index in [1.54, 1.807) is 0 Å².